The number of pyridine rings is 1. The van der Waals surface area contributed by atoms with E-state index in [0.717, 1.165) is 31.4 Å². The predicted molar refractivity (Wildman–Crippen MR) is 95.4 cm³/mol. The molecule has 0 aliphatic carbocycles. The predicted octanol–water partition coefficient (Wildman–Crippen LogP) is 3.04. The van der Waals surface area contributed by atoms with Gasteiger partial charge in [-0.2, -0.15) is 0 Å². The number of carbonyl (C=O) groups excluding carboxylic acids is 1. The van der Waals surface area contributed by atoms with Crippen molar-refractivity contribution in [1.29, 1.82) is 0 Å². The topological polar surface area (TPSA) is 62.7 Å². The number of rotatable bonds is 6. The molecule has 1 N–H and O–H groups in total. The lowest BCUT2D eigenvalue weighted by Crippen LogP contribution is -2.44. The number of piperidine rings is 1. The van der Waals surface area contributed by atoms with Crippen molar-refractivity contribution in [3.05, 3.63) is 59.8 Å². The fraction of sp³-hybridized carbons (Fsp3) is 0.400. The van der Waals surface area contributed by atoms with Crippen LogP contribution in [0.5, 0.6) is 5.88 Å². The SMILES string of the molecule is O=C(c1ccnc(OCc2ccccc2)c1)N1CCCCC1CCO. The average molecular weight is 340 g/mol. The maximum absolute atomic E-state index is 12.9. The standard InChI is InChI=1S/C20H24N2O3/c23-13-10-18-8-4-5-12-22(18)20(24)17-9-11-21-19(14-17)25-15-16-6-2-1-3-7-16/h1-3,6-7,9,11,14,18,23H,4-5,8,10,12-13,15H2. The zero-order valence-electron chi connectivity index (χ0n) is 14.3. The van der Waals surface area contributed by atoms with Gasteiger partial charge in [-0.15, -0.1) is 0 Å². The van der Waals surface area contributed by atoms with E-state index in [-0.39, 0.29) is 18.6 Å². The van der Waals surface area contributed by atoms with Gasteiger partial charge in [-0.1, -0.05) is 30.3 Å². The monoisotopic (exact) mass is 340 g/mol. The van der Waals surface area contributed by atoms with Gasteiger partial charge < -0.3 is 14.7 Å². The van der Waals surface area contributed by atoms with Gasteiger partial charge in [0.1, 0.15) is 6.61 Å². The first-order valence-corrected chi connectivity index (χ1v) is 8.82. The van der Waals surface area contributed by atoms with Crippen LogP contribution in [0.15, 0.2) is 48.7 Å². The van der Waals surface area contributed by atoms with E-state index in [1.54, 1.807) is 18.3 Å². The Morgan fingerprint density at radius 3 is 2.88 bits per heavy atom. The molecule has 1 amide bonds. The molecule has 2 aromatic rings. The molecular weight excluding hydrogens is 316 g/mol. The van der Waals surface area contributed by atoms with Crippen molar-refractivity contribution in [2.75, 3.05) is 13.2 Å². The van der Waals surface area contributed by atoms with E-state index in [4.69, 9.17) is 4.74 Å². The highest BCUT2D eigenvalue weighted by Gasteiger charge is 2.27. The zero-order valence-corrected chi connectivity index (χ0v) is 14.3. The van der Waals surface area contributed by atoms with Gasteiger partial charge in [0.05, 0.1) is 0 Å². The number of hydrogen-bond donors (Lipinski definition) is 1. The molecule has 1 aromatic carbocycles. The molecule has 25 heavy (non-hydrogen) atoms. The molecule has 5 nitrogen and oxygen atoms in total. The van der Waals surface area contributed by atoms with Crippen LogP contribution in [0.2, 0.25) is 0 Å². The molecule has 2 heterocycles. The summed E-state index contributed by atoms with van der Waals surface area (Å²) in [4.78, 5) is 19.0. The molecule has 0 saturated carbocycles. The summed E-state index contributed by atoms with van der Waals surface area (Å²) in [5.74, 6) is 0.440. The average Bonchev–Trinajstić information content (AvgIpc) is 2.68. The Labute approximate surface area is 148 Å². The van der Waals surface area contributed by atoms with Crippen LogP contribution in [0.1, 0.15) is 41.6 Å². The molecule has 1 saturated heterocycles. The first kappa shape index (κ1) is 17.4. The zero-order chi connectivity index (χ0) is 17.5. The van der Waals surface area contributed by atoms with Gasteiger partial charge in [0, 0.05) is 37.0 Å². The Morgan fingerprint density at radius 2 is 2.08 bits per heavy atom. The molecule has 1 aliphatic heterocycles. The van der Waals surface area contributed by atoms with E-state index in [2.05, 4.69) is 4.98 Å². The Morgan fingerprint density at radius 1 is 1.24 bits per heavy atom. The maximum atomic E-state index is 12.9. The molecule has 5 heteroatoms. The third kappa shape index (κ3) is 4.57. The number of likely N-dealkylation sites (tertiary alicyclic amines) is 1. The minimum absolute atomic E-state index is 0.00916. The first-order valence-electron chi connectivity index (χ1n) is 8.82. The first-order chi connectivity index (χ1) is 12.3. The van der Waals surface area contributed by atoms with E-state index in [9.17, 15) is 9.90 Å². The molecule has 1 atom stereocenters. The van der Waals surface area contributed by atoms with Gasteiger partial charge in [0.2, 0.25) is 5.88 Å². The van der Waals surface area contributed by atoms with Gasteiger partial charge in [-0.3, -0.25) is 4.79 Å². The van der Waals surface area contributed by atoms with Crippen LogP contribution in [0.25, 0.3) is 0 Å². The number of amides is 1. The highest BCUT2D eigenvalue weighted by atomic mass is 16.5. The van der Waals surface area contributed by atoms with E-state index < -0.39 is 0 Å². The minimum Gasteiger partial charge on any atom is -0.473 e. The highest BCUT2D eigenvalue weighted by Crippen LogP contribution is 2.23. The number of carbonyl (C=O) groups is 1. The summed E-state index contributed by atoms with van der Waals surface area (Å²) in [6, 6.07) is 13.4. The van der Waals surface area contributed by atoms with Crippen molar-refractivity contribution >= 4 is 5.91 Å². The highest BCUT2D eigenvalue weighted by molar-refractivity contribution is 5.94. The fourth-order valence-corrected chi connectivity index (χ4v) is 3.24. The van der Waals surface area contributed by atoms with Crippen molar-refractivity contribution in [3.63, 3.8) is 0 Å². The third-order valence-electron chi connectivity index (χ3n) is 4.56. The Hall–Kier alpha value is -2.40. The van der Waals surface area contributed by atoms with Crippen LogP contribution in [-0.4, -0.2) is 40.1 Å². The second-order valence-corrected chi connectivity index (χ2v) is 6.32. The minimum atomic E-state index is -0.00916. The summed E-state index contributed by atoms with van der Waals surface area (Å²) in [6.45, 7) is 1.27. The fourth-order valence-electron chi connectivity index (χ4n) is 3.24. The normalized spacial score (nSPS) is 17.3. The van der Waals surface area contributed by atoms with Gasteiger partial charge in [-0.25, -0.2) is 4.98 Å². The number of aromatic nitrogens is 1. The van der Waals surface area contributed by atoms with Crippen molar-refractivity contribution in [2.45, 2.75) is 38.3 Å². The summed E-state index contributed by atoms with van der Waals surface area (Å²) in [7, 11) is 0. The van der Waals surface area contributed by atoms with E-state index in [0.29, 0.717) is 24.5 Å². The Balaban J connectivity index is 1.68. The molecule has 0 spiro atoms. The summed E-state index contributed by atoms with van der Waals surface area (Å²) in [5.41, 5.74) is 1.64. The molecule has 1 aliphatic rings. The lowest BCUT2D eigenvalue weighted by atomic mass is 9.98. The molecule has 3 rings (SSSR count). The van der Waals surface area contributed by atoms with Gasteiger partial charge in [-0.05, 0) is 37.3 Å². The second kappa shape index (κ2) is 8.62. The number of nitrogens with zero attached hydrogens (tertiary/aromatic N) is 2. The number of aliphatic hydroxyl groups is 1. The largest absolute Gasteiger partial charge is 0.473 e. The van der Waals surface area contributed by atoms with Crippen LogP contribution >= 0.6 is 0 Å². The molecule has 1 unspecified atom stereocenters. The molecule has 1 fully saturated rings. The van der Waals surface area contributed by atoms with Crippen LogP contribution < -0.4 is 4.74 Å². The van der Waals surface area contributed by atoms with E-state index >= 15 is 0 Å². The van der Waals surface area contributed by atoms with E-state index in [1.807, 2.05) is 35.2 Å². The van der Waals surface area contributed by atoms with Gasteiger partial charge >= 0.3 is 0 Å². The van der Waals surface area contributed by atoms with Crippen LogP contribution in [0.3, 0.4) is 0 Å². The summed E-state index contributed by atoms with van der Waals surface area (Å²) >= 11 is 0. The van der Waals surface area contributed by atoms with Gasteiger partial charge in [0.15, 0.2) is 0 Å². The summed E-state index contributed by atoms with van der Waals surface area (Å²) in [6.07, 6.45) is 5.31. The second-order valence-electron chi connectivity index (χ2n) is 6.32. The number of benzene rings is 1. The lowest BCUT2D eigenvalue weighted by molar-refractivity contribution is 0.0574. The summed E-state index contributed by atoms with van der Waals surface area (Å²) in [5, 5.41) is 9.24. The van der Waals surface area contributed by atoms with Crippen molar-refractivity contribution < 1.29 is 14.6 Å². The third-order valence-corrected chi connectivity index (χ3v) is 4.56. The molecule has 132 valence electrons. The quantitative estimate of drug-likeness (QED) is 0.878. The molecular formula is C20H24N2O3. The number of hydrogen-bond acceptors (Lipinski definition) is 4. The molecule has 1 aromatic heterocycles. The lowest BCUT2D eigenvalue weighted by Gasteiger charge is -2.35. The van der Waals surface area contributed by atoms with Crippen LogP contribution in [0.4, 0.5) is 0 Å². The Kier molecular flexibility index (Phi) is 6.01. The van der Waals surface area contributed by atoms with E-state index in [1.165, 1.54) is 0 Å². The van der Waals surface area contributed by atoms with Crippen LogP contribution in [-0.2, 0) is 6.61 Å². The van der Waals surface area contributed by atoms with Gasteiger partial charge in [0.25, 0.3) is 5.91 Å². The van der Waals surface area contributed by atoms with Crippen molar-refractivity contribution in [2.24, 2.45) is 0 Å². The Bertz CT molecular complexity index is 688. The molecule has 0 bridgehead atoms. The van der Waals surface area contributed by atoms with Crippen molar-refractivity contribution in [1.82, 2.24) is 9.88 Å². The summed E-state index contributed by atoms with van der Waals surface area (Å²) < 4.78 is 5.72. The maximum Gasteiger partial charge on any atom is 0.254 e. The smallest absolute Gasteiger partial charge is 0.254 e. The van der Waals surface area contributed by atoms with Crippen LogP contribution in [0, 0.1) is 0 Å². The number of ether oxygens (including phenoxy) is 1. The number of aliphatic hydroxyl groups excluding tert-OH is 1. The molecule has 0 radical (unpaired) electrons. The van der Waals surface area contributed by atoms with Crippen molar-refractivity contribution in [3.8, 4) is 5.88 Å².